The van der Waals surface area contributed by atoms with Crippen LogP contribution in [0.5, 0.6) is 0 Å². The van der Waals surface area contributed by atoms with Gasteiger partial charge in [-0.3, -0.25) is 0 Å². The number of hydrogen-bond acceptors (Lipinski definition) is 3. The second-order valence-electron chi connectivity index (χ2n) is 3.31. The molecule has 80 valence electrons. The van der Waals surface area contributed by atoms with Crippen molar-refractivity contribution in [2.75, 3.05) is 17.7 Å². The fraction of sp³-hybridized carbons (Fsp3) is 0.364. The van der Waals surface area contributed by atoms with Gasteiger partial charge in [0.05, 0.1) is 10.2 Å². The zero-order valence-electron chi connectivity index (χ0n) is 8.37. The van der Waals surface area contributed by atoms with E-state index in [1.165, 1.54) is 4.70 Å². The average Bonchev–Trinajstić information content (AvgIpc) is 2.67. The van der Waals surface area contributed by atoms with Gasteiger partial charge >= 0.3 is 0 Å². The first-order chi connectivity index (χ1) is 7.40. The van der Waals surface area contributed by atoms with Gasteiger partial charge in [0, 0.05) is 12.4 Å². The Morgan fingerprint density at radius 3 is 2.93 bits per heavy atom. The molecule has 0 bridgehead atoms. The minimum absolute atomic E-state index is 0.738. The van der Waals surface area contributed by atoms with Gasteiger partial charge in [0.25, 0.3) is 0 Å². The molecular weight excluding hydrogens is 228 g/mol. The minimum atomic E-state index is 0.738. The van der Waals surface area contributed by atoms with Gasteiger partial charge in [-0.1, -0.05) is 23.5 Å². The third kappa shape index (κ3) is 2.83. The van der Waals surface area contributed by atoms with Crippen LogP contribution in [0.2, 0.25) is 0 Å². The topological polar surface area (TPSA) is 24.9 Å². The van der Waals surface area contributed by atoms with Crippen LogP contribution in [0.1, 0.15) is 12.8 Å². The number of halogens is 1. The smallest absolute Gasteiger partial charge is 0.183 e. The molecule has 0 saturated heterocycles. The van der Waals surface area contributed by atoms with Crippen LogP contribution in [0.4, 0.5) is 5.13 Å². The van der Waals surface area contributed by atoms with Crippen LogP contribution in [0.25, 0.3) is 10.2 Å². The normalized spacial score (nSPS) is 10.7. The third-order valence-electron chi connectivity index (χ3n) is 2.13. The van der Waals surface area contributed by atoms with Gasteiger partial charge in [-0.15, -0.1) is 11.6 Å². The Morgan fingerprint density at radius 2 is 2.13 bits per heavy atom. The van der Waals surface area contributed by atoms with Gasteiger partial charge in [0.15, 0.2) is 5.13 Å². The maximum Gasteiger partial charge on any atom is 0.183 e. The molecule has 0 aliphatic carbocycles. The van der Waals surface area contributed by atoms with Gasteiger partial charge in [0.2, 0.25) is 0 Å². The SMILES string of the molecule is ClCCCCNc1nc2ccccc2s1. The average molecular weight is 241 g/mol. The fourth-order valence-corrected chi connectivity index (χ4v) is 2.44. The van der Waals surface area contributed by atoms with E-state index in [0.29, 0.717) is 0 Å². The lowest BCUT2D eigenvalue weighted by Gasteiger charge is -1.99. The first kappa shape index (κ1) is 10.7. The lowest BCUT2D eigenvalue weighted by atomic mass is 10.3. The fourth-order valence-electron chi connectivity index (χ4n) is 1.36. The summed E-state index contributed by atoms with van der Waals surface area (Å²) in [6.45, 7) is 0.951. The Balaban J connectivity index is 1.97. The van der Waals surface area contributed by atoms with Gasteiger partial charge in [-0.25, -0.2) is 4.98 Å². The molecule has 1 N–H and O–H groups in total. The summed E-state index contributed by atoms with van der Waals surface area (Å²) in [5, 5.41) is 4.32. The molecule has 0 spiro atoms. The van der Waals surface area contributed by atoms with E-state index in [1.807, 2.05) is 18.2 Å². The Bertz CT molecular complexity index is 394. The minimum Gasteiger partial charge on any atom is -0.361 e. The second-order valence-corrected chi connectivity index (χ2v) is 4.72. The number of rotatable bonds is 5. The highest BCUT2D eigenvalue weighted by Gasteiger charge is 2.01. The predicted molar refractivity (Wildman–Crippen MR) is 68.1 cm³/mol. The van der Waals surface area contributed by atoms with Crippen molar-refractivity contribution in [1.82, 2.24) is 4.98 Å². The predicted octanol–water partition coefficient (Wildman–Crippen LogP) is 3.73. The number of alkyl halides is 1. The molecule has 0 aliphatic heterocycles. The second kappa shape index (κ2) is 5.33. The molecule has 0 saturated carbocycles. The van der Waals surface area contributed by atoms with Gasteiger partial charge in [-0.05, 0) is 25.0 Å². The summed E-state index contributed by atoms with van der Waals surface area (Å²) in [5.41, 5.74) is 1.07. The number of anilines is 1. The molecule has 4 heteroatoms. The Labute approximate surface area is 98.3 Å². The van der Waals surface area contributed by atoms with Gasteiger partial charge in [-0.2, -0.15) is 0 Å². The lowest BCUT2D eigenvalue weighted by Crippen LogP contribution is -2.00. The summed E-state index contributed by atoms with van der Waals surface area (Å²) >= 11 is 7.31. The van der Waals surface area contributed by atoms with E-state index >= 15 is 0 Å². The van der Waals surface area contributed by atoms with Crippen molar-refractivity contribution in [3.05, 3.63) is 24.3 Å². The van der Waals surface area contributed by atoms with Crippen molar-refractivity contribution in [1.29, 1.82) is 0 Å². The molecule has 0 radical (unpaired) electrons. The number of nitrogens with zero attached hydrogens (tertiary/aromatic N) is 1. The van der Waals surface area contributed by atoms with Crippen molar-refractivity contribution in [3.63, 3.8) is 0 Å². The van der Waals surface area contributed by atoms with Crippen LogP contribution < -0.4 is 5.32 Å². The number of fused-ring (bicyclic) bond motifs is 1. The lowest BCUT2D eigenvalue weighted by molar-refractivity contribution is 0.839. The number of aromatic nitrogens is 1. The molecule has 0 atom stereocenters. The van der Waals surface area contributed by atoms with E-state index in [9.17, 15) is 0 Å². The van der Waals surface area contributed by atoms with Crippen molar-refractivity contribution in [2.24, 2.45) is 0 Å². The number of benzene rings is 1. The van der Waals surface area contributed by atoms with Gasteiger partial charge < -0.3 is 5.32 Å². The van der Waals surface area contributed by atoms with E-state index in [2.05, 4.69) is 16.4 Å². The van der Waals surface area contributed by atoms with E-state index in [0.717, 1.165) is 35.9 Å². The van der Waals surface area contributed by atoms with Crippen LogP contribution in [0, 0.1) is 0 Å². The molecule has 15 heavy (non-hydrogen) atoms. The molecule has 1 aromatic carbocycles. The van der Waals surface area contributed by atoms with Crippen molar-refractivity contribution in [2.45, 2.75) is 12.8 Å². The number of thiazole rings is 1. The maximum absolute atomic E-state index is 5.61. The molecule has 1 aromatic heterocycles. The van der Waals surface area contributed by atoms with E-state index in [4.69, 9.17) is 11.6 Å². The van der Waals surface area contributed by atoms with E-state index < -0.39 is 0 Å². The summed E-state index contributed by atoms with van der Waals surface area (Å²) in [5.74, 6) is 0.738. The van der Waals surface area contributed by atoms with Crippen molar-refractivity contribution in [3.8, 4) is 0 Å². The highest BCUT2D eigenvalue weighted by atomic mass is 35.5. The number of nitrogens with one attached hydrogen (secondary N) is 1. The van der Waals surface area contributed by atoms with Crippen molar-refractivity contribution >= 4 is 38.3 Å². The summed E-state index contributed by atoms with van der Waals surface area (Å²) < 4.78 is 1.23. The zero-order valence-corrected chi connectivity index (χ0v) is 9.94. The first-order valence-corrected chi connectivity index (χ1v) is 6.40. The Hall–Kier alpha value is -0.800. The quantitative estimate of drug-likeness (QED) is 0.636. The molecule has 0 fully saturated rings. The molecule has 2 aromatic rings. The van der Waals surface area contributed by atoms with E-state index in [-0.39, 0.29) is 0 Å². The Kier molecular flexibility index (Phi) is 3.80. The molecular formula is C11H13ClN2S. The highest BCUT2D eigenvalue weighted by molar-refractivity contribution is 7.22. The van der Waals surface area contributed by atoms with Crippen molar-refractivity contribution < 1.29 is 0 Å². The summed E-state index contributed by atoms with van der Waals surface area (Å²) in [4.78, 5) is 4.48. The highest BCUT2D eigenvalue weighted by Crippen LogP contribution is 2.25. The molecule has 0 amide bonds. The number of unbranched alkanes of at least 4 members (excludes halogenated alkanes) is 1. The van der Waals surface area contributed by atoms with Crippen LogP contribution in [-0.2, 0) is 0 Å². The number of para-hydroxylation sites is 1. The standard InChI is InChI=1S/C11H13ClN2S/c12-7-3-4-8-13-11-14-9-5-1-2-6-10(9)15-11/h1-2,5-6H,3-4,7-8H2,(H,13,14). The summed E-state index contributed by atoms with van der Waals surface area (Å²) in [6.07, 6.45) is 2.15. The van der Waals surface area contributed by atoms with Crippen LogP contribution in [-0.4, -0.2) is 17.4 Å². The molecule has 0 aliphatic rings. The monoisotopic (exact) mass is 240 g/mol. The van der Waals surface area contributed by atoms with Gasteiger partial charge in [0.1, 0.15) is 0 Å². The maximum atomic E-state index is 5.61. The van der Waals surface area contributed by atoms with Crippen LogP contribution in [0.3, 0.4) is 0 Å². The molecule has 1 heterocycles. The zero-order chi connectivity index (χ0) is 10.5. The Morgan fingerprint density at radius 1 is 1.27 bits per heavy atom. The van der Waals surface area contributed by atoms with E-state index in [1.54, 1.807) is 11.3 Å². The molecule has 2 rings (SSSR count). The van der Waals surface area contributed by atoms with Crippen LogP contribution >= 0.6 is 22.9 Å². The summed E-state index contributed by atoms with van der Waals surface area (Å²) in [7, 11) is 0. The molecule has 0 unspecified atom stereocenters. The summed E-state index contributed by atoms with van der Waals surface area (Å²) in [6, 6.07) is 8.18. The largest absolute Gasteiger partial charge is 0.361 e. The number of hydrogen-bond donors (Lipinski definition) is 1. The first-order valence-electron chi connectivity index (χ1n) is 5.05. The van der Waals surface area contributed by atoms with Crippen LogP contribution in [0.15, 0.2) is 24.3 Å². The molecule has 2 nitrogen and oxygen atoms in total. The third-order valence-corrected chi connectivity index (χ3v) is 3.39.